The average molecular weight is 334 g/mol. The van der Waals surface area contributed by atoms with Gasteiger partial charge in [0.2, 0.25) is 0 Å². The van der Waals surface area contributed by atoms with E-state index in [1.165, 1.54) is 22.5 Å². The second-order valence-electron chi connectivity index (χ2n) is 5.17. The summed E-state index contributed by atoms with van der Waals surface area (Å²) in [5.74, 6) is 0. The monoisotopic (exact) mass is 334 g/mol. The molecule has 0 unspecified atom stereocenters. The lowest BCUT2D eigenvalue weighted by Gasteiger charge is -2.24. The third-order valence-corrected chi connectivity index (χ3v) is 5.16. The van der Waals surface area contributed by atoms with Crippen LogP contribution in [0.2, 0.25) is 0 Å². The van der Waals surface area contributed by atoms with E-state index in [9.17, 15) is 18.5 Å². The van der Waals surface area contributed by atoms with E-state index in [1.54, 1.807) is 18.2 Å². The number of nitrogens with zero attached hydrogens (tertiary/aromatic N) is 2. The molecule has 0 heterocycles. The number of hydrogen-bond donors (Lipinski definition) is 0. The largest absolute Gasteiger partial charge is 0.270 e. The minimum absolute atomic E-state index is 0.0818. The van der Waals surface area contributed by atoms with E-state index < -0.39 is 14.9 Å². The minimum Gasteiger partial charge on any atom is -0.266 e. The standard InChI is InChI=1S/C16H18N2O4S/c1-3-10-17(14-7-4-6-13(2)11-14)23(21,22)16-9-5-8-15(12-16)18(19)20/h4-9,11-12H,3,10H2,1-2H3. The molecule has 23 heavy (non-hydrogen) atoms. The Hall–Kier alpha value is -2.41. The number of hydrogen-bond acceptors (Lipinski definition) is 4. The molecule has 7 heteroatoms. The Bertz CT molecular complexity index is 818. The van der Waals surface area contributed by atoms with Crippen LogP contribution in [-0.4, -0.2) is 19.9 Å². The zero-order valence-electron chi connectivity index (χ0n) is 13.0. The van der Waals surface area contributed by atoms with Gasteiger partial charge in [-0.05, 0) is 37.1 Å². The summed E-state index contributed by atoms with van der Waals surface area (Å²) in [7, 11) is -3.86. The van der Waals surface area contributed by atoms with E-state index >= 15 is 0 Å². The molecule has 6 nitrogen and oxygen atoms in total. The van der Waals surface area contributed by atoms with Crippen LogP contribution < -0.4 is 4.31 Å². The van der Waals surface area contributed by atoms with E-state index in [1.807, 2.05) is 19.9 Å². The first-order chi connectivity index (χ1) is 10.9. The lowest BCUT2D eigenvalue weighted by atomic mass is 10.2. The van der Waals surface area contributed by atoms with Crippen LogP contribution in [-0.2, 0) is 10.0 Å². The van der Waals surface area contributed by atoms with Crippen LogP contribution in [0.4, 0.5) is 11.4 Å². The Morgan fingerprint density at radius 3 is 2.43 bits per heavy atom. The minimum atomic E-state index is -3.86. The Labute approximate surface area is 135 Å². The van der Waals surface area contributed by atoms with E-state index in [-0.39, 0.29) is 10.6 Å². The van der Waals surface area contributed by atoms with Crippen LogP contribution in [0.15, 0.2) is 53.4 Å². The number of rotatable bonds is 6. The molecule has 0 aliphatic rings. The summed E-state index contributed by atoms with van der Waals surface area (Å²) in [6.45, 7) is 4.06. The molecule has 122 valence electrons. The molecule has 0 N–H and O–H groups in total. The van der Waals surface area contributed by atoms with Gasteiger partial charge in [-0.2, -0.15) is 0 Å². The number of benzene rings is 2. The molecule has 0 aliphatic heterocycles. The van der Waals surface area contributed by atoms with Gasteiger partial charge in [-0.3, -0.25) is 14.4 Å². The van der Waals surface area contributed by atoms with Crippen molar-refractivity contribution in [1.29, 1.82) is 0 Å². The SMILES string of the molecule is CCCN(c1cccc(C)c1)S(=O)(=O)c1cccc([N+](=O)[O-])c1. The van der Waals surface area contributed by atoms with Crippen molar-refractivity contribution in [3.8, 4) is 0 Å². The van der Waals surface area contributed by atoms with E-state index in [0.717, 1.165) is 11.6 Å². The zero-order valence-corrected chi connectivity index (χ0v) is 13.8. The van der Waals surface area contributed by atoms with Gasteiger partial charge in [-0.1, -0.05) is 25.1 Å². The van der Waals surface area contributed by atoms with Crippen molar-refractivity contribution in [3.05, 3.63) is 64.2 Å². The van der Waals surface area contributed by atoms with E-state index in [2.05, 4.69) is 0 Å². The first kappa shape index (κ1) is 17.0. The van der Waals surface area contributed by atoms with Crippen molar-refractivity contribution in [1.82, 2.24) is 0 Å². The van der Waals surface area contributed by atoms with Crippen LogP contribution >= 0.6 is 0 Å². The summed E-state index contributed by atoms with van der Waals surface area (Å²) < 4.78 is 27.1. The molecule has 2 aromatic rings. The summed E-state index contributed by atoms with van der Waals surface area (Å²) in [5, 5.41) is 10.9. The topological polar surface area (TPSA) is 80.5 Å². The molecule has 0 saturated carbocycles. The highest BCUT2D eigenvalue weighted by atomic mass is 32.2. The summed E-state index contributed by atoms with van der Waals surface area (Å²) in [6.07, 6.45) is 0.627. The quantitative estimate of drug-likeness (QED) is 0.598. The number of nitro groups is 1. The number of nitro benzene ring substituents is 1. The Morgan fingerprint density at radius 2 is 1.83 bits per heavy atom. The van der Waals surface area contributed by atoms with Crippen molar-refractivity contribution in [2.45, 2.75) is 25.2 Å². The fourth-order valence-electron chi connectivity index (χ4n) is 2.26. The molecule has 0 fully saturated rings. The normalized spacial score (nSPS) is 11.2. The maximum atomic E-state index is 12.9. The van der Waals surface area contributed by atoms with Crippen LogP contribution in [0.25, 0.3) is 0 Å². The molecule has 0 amide bonds. The van der Waals surface area contributed by atoms with E-state index in [0.29, 0.717) is 18.7 Å². The molecule has 2 rings (SSSR count). The first-order valence-electron chi connectivity index (χ1n) is 7.20. The van der Waals surface area contributed by atoms with Gasteiger partial charge in [0, 0.05) is 18.7 Å². The third-order valence-electron chi connectivity index (χ3n) is 3.33. The Kier molecular flexibility index (Phi) is 5.00. The molecule has 0 aliphatic carbocycles. The number of non-ortho nitro benzene ring substituents is 1. The van der Waals surface area contributed by atoms with Gasteiger partial charge >= 0.3 is 0 Å². The zero-order chi connectivity index (χ0) is 17.0. The Balaban J connectivity index is 2.53. The number of anilines is 1. The van der Waals surface area contributed by atoms with Crippen LogP contribution in [0, 0.1) is 17.0 Å². The molecular weight excluding hydrogens is 316 g/mol. The van der Waals surface area contributed by atoms with Gasteiger partial charge in [-0.25, -0.2) is 8.42 Å². The second kappa shape index (κ2) is 6.78. The van der Waals surface area contributed by atoms with Crippen molar-refractivity contribution in [3.63, 3.8) is 0 Å². The fourth-order valence-corrected chi connectivity index (χ4v) is 3.85. The van der Waals surface area contributed by atoms with E-state index in [4.69, 9.17) is 0 Å². The smallest absolute Gasteiger partial charge is 0.266 e. The van der Waals surface area contributed by atoms with Gasteiger partial charge in [0.1, 0.15) is 0 Å². The van der Waals surface area contributed by atoms with Gasteiger partial charge < -0.3 is 0 Å². The molecule has 0 aromatic heterocycles. The first-order valence-corrected chi connectivity index (χ1v) is 8.64. The highest BCUT2D eigenvalue weighted by molar-refractivity contribution is 7.92. The van der Waals surface area contributed by atoms with Crippen molar-refractivity contribution >= 4 is 21.4 Å². The summed E-state index contributed by atoms with van der Waals surface area (Å²) in [5.41, 5.74) is 1.25. The van der Waals surface area contributed by atoms with Gasteiger partial charge in [0.25, 0.3) is 15.7 Å². The van der Waals surface area contributed by atoms with Crippen molar-refractivity contribution in [2.75, 3.05) is 10.8 Å². The lowest BCUT2D eigenvalue weighted by Crippen LogP contribution is -2.31. The number of sulfonamides is 1. The summed E-state index contributed by atoms with van der Waals surface area (Å²) >= 11 is 0. The predicted octanol–water partition coefficient (Wildman–Crippen LogP) is 3.51. The molecule has 0 bridgehead atoms. The van der Waals surface area contributed by atoms with Crippen LogP contribution in [0.5, 0.6) is 0 Å². The number of aryl methyl sites for hydroxylation is 1. The summed E-state index contributed by atoms with van der Waals surface area (Å²) in [6, 6.07) is 12.3. The Morgan fingerprint density at radius 1 is 1.13 bits per heavy atom. The molecule has 0 spiro atoms. The van der Waals surface area contributed by atoms with Crippen molar-refractivity contribution in [2.24, 2.45) is 0 Å². The average Bonchev–Trinajstić information content (AvgIpc) is 2.52. The molecule has 0 radical (unpaired) electrons. The molecule has 0 saturated heterocycles. The lowest BCUT2D eigenvalue weighted by molar-refractivity contribution is -0.385. The maximum absolute atomic E-state index is 12.9. The van der Waals surface area contributed by atoms with Crippen LogP contribution in [0.1, 0.15) is 18.9 Å². The highest BCUT2D eigenvalue weighted by Crippen LogP contribution is 2.26. The predicted molar refractivity (Wildman–Crippen MR) is 89.1 cm³/mol. The summed E-state index contributed by atoms with van der Waals surface area (Å²) in [4.78, 5) is 10.2. The molecule has 2 aromatic carbocycles. The van der Waals surface area contributed by atoms with Gasteiger partial charge in [-0.15, -0.1) is 0 Å². The molecular formula is C16H18N2O4S. The van der Waals surface area contributed by atoms with Crippen LogP contribution in [0.3, 0.4) is 0 Å². The van der Waals surface area contributed by atoms with Crippen molar-refractivity contribution < 1.29 is 13.3 Å². The molecule has 0 atom stereocenters. The third kappa shape index (κ3) is 3.68. The fraction of sp³-hybridized carbons (Fsp3) is 0.250. The highest BCUT2D eigenvalue weighted by Gasteiger charge is 2.26. The maximum Gasteiger partial charge on any atom is 0.270 e. The van der Waals surface area contributed by atoms with Gasteiger partial charge in [0.15, 0.2) is 0 Å². The second-order valence-corrected chi connectivity index (χ2v) is 7.03. The van der Waals surface area contributed by atoms with Gasteiger partial charge in [0.05, 0.1) is 15.5 Å².